The molecule has 1 atom stereocenters. The molecule has 0 bridgehead atoms. The van der Waals surface area contributed by atoms with E-state index >= 15 is 0 Å². The van der Waals surface area contributed by atoms with Crippen molar-refractivity contribution in [2.45, 2.75) is 40.2 Å². The first-order chi connectivity index (χ1) is 6.93. The Morgan fingerprint density at radius 2 is 2.13 bits per heavy atom. The van der Waals surface area contributed by atoms with Gasteiger partial charge in [0.25, 0.3) is 0 Å². The molecule has 15 heavy (non-hydrogen) atoms. The number of nitrogens with zero attached hydrogens (tertiary/aromatic N) is 2. The fourth-order valence-electron chi connectivity index (χ4n) is 1.39. The highest BCUT2D eigenvalue weighted by Crippen LogP contribution is 2.25. The summed E-state index contributed by atoms with van der Waals surface area (Å²) in [5.74, 6) is 0.822. The molecule has 5 heteroatoms. The molecule has 0 amide bonds. The van der Waals surface area contributed by atoms with Crippen molar-refractivity contribution in [1.29, 1.82) is 0 Å². The van der Waals surface area contributed by atoms with Gasteiger partial charge in [-0.3, -0.25) is 0 Å². The normalized spacial score (nSPS) is 13.9. The van der Waals surface area contributed by atoms with E-state index in [1.807, 2.05) is 6.92 Å². The highest BCUT2D eigenvalue weighted by atomic mass is 32.1. The molecule has 86 valence electrons. The van der Waals surface area contributed by atoms with E-state index in [4.69, 9.17) is 5.73 Å². The Balaban J connectivity index is 2.66. The second kappa shape index (κ2) is 4.90. The average Bonchev–Trinajstić information content (AvgIpc) is 2.49. The molecule has 1 unspecified atom stereocenters. The van der Waals surface area contributed by atoms with Crippen molar-refractivity contribution >= 4 is 16.7 Å². The van der Waals surface area contributed by atoms with Crippen molar-refractivity contribution in [1.82, 2.24) is 9.36 Å². The van der Waals surface area contributed by atoms with Gasteiger partial charge < -0.3 is 11.1 Å². The van der Waals surface area contributed by atoms with E-state index < -0.39 is 0 Å². The first kappa shape index (κ1) is 12.4. The molecule has 1 aromatic heterocycles. The topological polar surface area (TPSA) is 63.8 Å². The highest BCUT2D eigenvalue weighted by molar-refractivity contribution is 7.09. The molecule has 0 spiro atoms. The Morgan fingerprint density at radius 3 is 2.53 bits per heavy atom. The van der Waals surface area contributed by atoms with E-state index in [0.29, 0.717) is 12.6 Å². The van der Waals surface area contributed by atoms with Gasteiger partial charge in [0.2, 0.25) is 5.13 Å². The van der Waals surface area contributed by atoms with Crippen LogP contribution in [0.2, 0.25) is 0 Å². The Hall–Kier alpha value is -0.680. The fraction of sp³-hybridized carbons (Fsp3) is 0.800. The van der Waals surface area contributed by atoms with Crippen LogP contribution in [0.1, 0.15) is 33.0 Å². The second-order valence-corrected chi connectivity index (χ2v) is 5.54. The first-order valence-electron chi connectivity index (χ1n) is 5.20. The molecule has 0 saturated carbocycles. The van der Waals surface area contributed by atoms with Crippen LogP contribution >= 0.6 is 11.5 Å². The summed E-state index contributed by atoms with van der Waals surface area (Å²) in [4.78, 5) is 4.30. The summed E-state index contributed by atoms with van der Waals surface area (Å²) in [6, 6.07) is 0.342. The van der Waals surface area contributed by atoms with Gasteiger partial charge >= 0.3 is 0 Å². The van der Waals surface area contributed by atoms with Crippen molar-refractivity contribution in [2.75, 3.05) is 11.9 Å². The molecular formula is C10H20N4S. The number of nitrogens with one attached hydrogen (secondary N) is 1. The smallest absolute Gasteiger partial charge is 0.202 e. The molecule has 0 fully saturated rings. The summed E-state index contributed by atoms with van der Waals surface area (Å²) in [6.45, 7) is 9.19. The number of rotatable bonds is 4. The van der Waals surface area contributed by atoms with Crippen molar-refractivity contribution in [3.05, 3.63) is 5.82 Å². The fourth-order valence-corrected chi connectivity index (χ4v) is 2.02. The minimum Gasteiger partial charge on any atom is -0.357 e. The lowest BCUT2D eigenvalue weighted by Gasteiger charge is -2.30. The molecule has 0 aromatic carbocycles. The van der Waals surface area contributed by atoms with Crippen LogP contribution in [0.15, 0.2) is 0 Å². The third-order valence-corrected chi connectivity index (χ3v) is 3.06. The van der Waals surface area contributed by atoms with Crippen LogP contribution < -0.4 is 11.1 Å². The lowest BCUT2D eigenvalue weighted by molar-refractivity contribution is 0.328. The minimum absolute atomic E-state index is 0.180. The third kappa shape index (κ3) is 3.76. The average molecular weight is 228 g/mol. The number of anilines is 1. The summed E-state index contributed by atoms with van der Waals surface area (Å²) in [5, 5.41) is 4.30. The maximum atomic E-state index is 5.61. The molecule has 1 aromatic rings. The largest absolute Gasteiger partial charge is 0.357 e. The predicted molar refractivity (Wildman–Crippen MR) is 65.2 cm³/mol. The number of hydrogen-bond donors (Lipinski definition) is 2. The van der Waals surface area contributed by atoms with Gasteiger partial charge in [-0.15, -0.1) is 0 Å². The van der Waals surface area contributed by atoms with Gasteiger partial charge in [-0.2, -0.15) is 4.37 Å². The third-order valence-electron chi connectivity index (χ3n) is 2.33. The van der Waals surface area contributed by atoms with Crippen LogP contribution in [0, 0.1) is 12.3 Å². The molecule has 0 saturated heterocycles. The number of aryl methyl sites for hydroxylation is 1. The highest BCUT2D eigenvalue weighted by Gasteiger charge is 2.24. The Bertz CT molecular complexity index is 303. The quantitative estimate of drug-likeness (QED) is 0.827. The Labute approximate surface area is 95.5 Å². The van der Waals surface area contributed by atoms with E-state index in [2.05, 4.69) is 35.4 Å². The molecule has 1 rings (SSSR count). The van der Waals surface area contributed by atoms with Crippen molar-refractivity contribution < 1.29 is 0 Å². The van der Waals surface area contributed by atoms with Gasteiger partial charge in [0, 0.05) is 17.6 Å². The summed E-state index contributed by atoms with van der Waals surface area (Å²) in [5.41, 5.74) is 5.79. The summed E-state index contributed by atoms with van der Waals surface area (Å²) < 4.78 is 4.15. The molecule has 3 N–H and O–H groups in total. The van der Waals surface area contributed by atoms with E-state index in [1.54, 1.807) is 0 Å². The van der Waals surface area contributed by atoms with Gasteiger partial charge in [0.1, 0.15) is 5.82 Å². The van der Waals surface area contributed by atoms with Gasteiger partial charge in [-0.25, -0.2) is 4.98 Å². The van der Waals surface area contributed by atoms with Gasteiger partial charge in [0.15, 0.2) is 0 Å². The molecule has 0 radical (unpaired) electrons. The summed E-state index contributed by atoms with van der Waals surface area (Å²) in [7, 11) is 0. The summed E-state index contributed by atoms with van der Waals surface area (Å²) >= 11 is 1.41. The van der Waals surface area contributed by atoms with E-state index in [9.17, 15) is 0 Å². The SMILES string of the molecule is Cc1nsc(NC(CCN)C(C)(C)C)n1. The van der Waals surface area contributed by atoms with Crippen molar-refractivity contribution in [2.24, 2.45) is 11.1 Å². The zero-order chi connectivity index (χ0) is 11.5. The Morgan fingerprint density at radius 1 is 1.47 bits per heavy atom. The van der Waals surface area contributed by atoms with E-state index in [0.717, 1.165) is 17.4 Å². The molecule has 0 aliphatic rings. The lowest BCUT2D eigenvalue weighted by atomic mass is 9.85. The standard InChI is InChI=1S/C10H20N4S/c1-7-12-9(15-14-7)13-8(5-6-11)10(2,3)4/h8H,5-6,11H2,1-4H3,(H,12,13,14). The van der Waals surface area contributed by atoms with Crippen molar-refractivity contribution in [3.63, 3.8) is 0 Å². The second-order valence-electron chi connectivity index (χ2n) is 4.79. The number of hydrogen-bond acceptors (Lipinski definition) is 5. The lowest BCUT2D eigenvalue weighted by Crippen LogP contribution is -2.35. The van der Waals surface area contributed by atoms with Gasteiger partial charge in [-0.05, 0) is 25.3 Å². The molecular weight excluding hydrogens is 208 g/mol. The van der Waals surface area contributed by atoms with Crippen LogP contribution in [-0.4, -0.2) is 21.9 Å². The summed E-state index contributed by atoms with van der Waals surface area (Å²) in [6.07, 6.45) is 0.947. The predicted octanol–water partition coefficient (Wildman–Crippen LogP) is 2.02. The van der Waals surface area contributed by atoms with E-state index in [-0.39, 0.29) is 5.41 Å². The van der Waals surface area contributed by atoms with Crippen LogP contribution in [-0.2, 0) is 0 Å². The zero-order valence-electron chi connectivity index (χ0n) is 9.87. The molecule has 0 aliphatic heterocycles. The van der Waals surface area contributed by atoms with Crippen LogP contribution in [0.4, 0.5) is 5.13 Å². The molecule has 1 heterocycles. The van der Waals surface area contributed by atoms with Crippen LogP contribution in [0.3, 0.4) is 0 Å². The maximum absolute atomic E-state index is 5.61. The molecule has 4 nitrogen and oxygen atoms in total. The zero-order valence-corrected chi connectivity index (χ0v) is 10.7. The van der Waals surface area contributed by atoms with E-state index in [1.165, 1.54) is 11.5 Å². The van der Waals surface area contributed by atoms with Crippen molar-refractivity contribution in [3.8, 4) is 0 Å². The Kier molecular flexibility index (Phi) is 4.04. The van der Waals surface area contributed by atoms with Crippen LogP contribution in [0.25, 0.3) is 0 Å². The number of aromatic nitrogens is 2. The minimum atomic E-state index is 0.180. The maximum Gasteiger partial charge on any atom is 0.202 e. The monoisotopic (exact) mass is 228 g/mol. The number of nitrogens with two attached hydrogens (primary N) is 1. The van der Waals surface area contributed by atoms with Gasteiger partial charge in [0.05, 0.1) is 0 Å². The van der Waals surface area contributed by atoms with Gasteiger partial charge in [-0.1, -0.05) is 20.8 Å². The first-order valence-corrected chi connectivity index (χ1v) is 5.97. The van der Waals surface area contributed by atoms with Crippen LogP contribution in [0.5, 0.6) is 0 Å². The molecule has 0 aliphatic carbocycles.